The van der Waals surface area contributed by atoms with Crippen LogP contribution in [0.15, 0.2) is 85.0 Å². The van der Waals surface area contributed by atoms with Gasteiger partial charge in [0.05, 0.1) is 0 Å². The molecule has 0 unspecified atom stereocenters. The second-order valence-corrected chi connectivity index (χ2v) is 14.7. The Labute approximate surface area is 276 Å². The monoisotopic (exact) mass is 777 g/mol. The van der Waals surface area contributed by atoms with Gasteiger partial charge < -0.3 is 13.6 Å². The Bertz CT molecular complexity index is 1160. The van der Waals surface area contributed by atoms with Crippen molar-refractivity contribution in [3.63, 3.8) is 0 Å². The molecule has 0 atom stereocenters. The van der Waals surface area contributed by atoms with E-state index in [0.717, 1.165) is 22.4 Å². The summed E-state index contributed by atoms with van der Waals surface area (Å²) in [6.07, 6.45) is 14.0. The van der Waals surface area contributed by atoms with Gasteiger partial charge in [0.15, 0.2) is 0 Å². The molecule has 0 aromatic heterocycles. The van der Waals surface area contributed by atoms with Crippen LogP contribution in [0, 0.1) is 12.1 Å². The third-order valence-corrected chi connectivity index (χ3v) is 7.79. The quantitative estimate of drug-likeness (QED) is 0.142. The average molecular weight is 777 g/mol. The summed E-state index contributed by atoms with van der Waals surface area (Å²) in [6.45, 7) is 19.5. The summed E-state index contributed by atoms with van der Waals surface area (Å²) in [7, 11) is -1.84. The molecule has 3 nitrogen and oxygen atoms in total. The van der Waals surface area contributed by atoms with Gasteiger partial charge in [-0.3, -0.25) is 0 Å². The van der Waals surface area contributed by atoms with Gasteiger partial charge in [0.2, 0.25) is 0 Å². The Morgan fingerprint density at radius 2 is 0.884 bits per heavy atom. The van der Waals surface area contributed by atoms with Crippen LogP contribution >= 0.6 is 8.60 Å². The molecule has 3 aromatic rings. The molecule has 0 fully saturated rings. The van der Waals surface area contributed by atoms with Gasteiger partial charge in [-0.15, -0.1) is 23.3 Å². The van der Waals surface area contributed by atoms with E-state index in [2.05, 4.69) is 117 Å². The van der Waals surface area contributed by atoms with E-state index in [4.69, 9.17) is 13.6 Å². The molecule has 0 spiro atoms. The molecular formula is C38H49IrO3P-2. The minimum absolute atomic E-state index is 0. The van der Waals surface area contributed by atoms with Crippen molar-refractivity contribution in [3.05, 3.63) is 114 Å². The van der Waals surface area contributed by atoms with Gasteiger partial charge in [-0.2, -0.15) is 36.4 Å². The van der Waals surface area contributed by atoms with Gasteiger partial charge in [0.25, 0.3) is 0 Å². The zero-order valence-electron chi connectivity index (χ0n) is 27.4. The van der Waals surface area contributed by atoms with Crippen molar-refractivity contribution in [1.82, 2.24) is 0 Å². The van der Waals surface area contributed by atoms with Gasteiger partial charge in [-0.05, 0) is 37.2 Å². The summed E-state index contributed by atoms with van der Waals surface area (Å²) in [4.78, 5) is 0. The van der Waals surface area contributed by atoms with Crippen LogP contribution in [0.5, 0.6) is 17.2 Å². The smallest absolute Gasteiger partial charge is 0.435 e. The van der Waals surface area contributed by atoms with Crippen molar-refractivity contribution in [2.45, 2.75) is 104 Å². The largest absolute Gasteiger partial charge is 0.525 e. The first-order valence-electron chi connectivity index (χ1n) is 15.0. The summed E-state index contributed by atoms with van der Waals surface area (Å²) in [5, 5.41) is 0. The second-order valence-electron chi connectivity index (χ2n) is 13.7. The fraction of sp³-hybridized carbons (Fsp3) is 0.421. The number of allylic oxidation sites excluding steroid dienone is 4. The average Bonchev–Trinajstić information content (AvgIpc) is 2.88. The SMILES string of the molecule is C1=C\CC/C=C\CC/1.CC(C)(C)c1ccc[c-]c1OP(Oc1[c-]cccc1C(C)(C)C)Oc1ccccc1C(C)(C)C.[Ir]. The van der Waals surface area contributed by atoms with Gasteiger partial charge in [-0.25, -0.2) is 0 Å². The molecule has 1 aliphatic carbocycles. The van der Waals surface area contributed by atoms with E-state index >= 15 is 0 Å². The standard InChI is InChI=1S/C30H37O3P.C8H12.Ir/c1-28(2,3)22-16-10-13-19-25(22)31-34(32-26-20-14-11-17-23(26)29(4,5)6)33-27-21-15-12-18-24(27)30(7,8)9;1-2-4-6-8-7-5-3-1;/h10-19H,1-9H3;1-2,7-8H,3-6H2;/q-2;;/b;2-1-,8-7-;. The van der Waals surface area contributed by atoms with E-state index in [1.807, 2.05) is 42.5 Å². The van der Waals surface area contributed by atoms with Crippen molar-refractivity contribution in [1.29, 1.82) is 0 Å². The molecule has 235 valence electrons. The minimum atomic E-state index is -1.84. The van der Waals surface area contributed by atoms with Crippen LogP contribution in [0.4, 0.5) is 0 Å². The van der Waals surface area contributed by atoms with Crippen LogP contribution in [-0.4, -0.2) is 0 Å². The maximum Gasteiger partial charge on any atom is 0.525 e. The Balaban J connectivity index is 0.000000620. The van der Waals surface area contributed by atoms with Crippen molar-refractivity contribution in [3.8, 4) is 17.2 Å². The predicted octanol–water partition coefficient (Wildman–Crippen LogP) is 11.6. The first-order valence-corrected chi connectivity index (χ1v) is 16.1. The molecular weight excluding hydrogens is 728 g/mol. The van der Waals surface area contributed by atoms with Crippen molar-refractivity contribution < 1.29 is 33.7 Å². The van der Waals surface area contributed by atoms with Crippen LogP contribution in [0.2, 0.25) is 0 Å². The normalized spacial score (nSPS) is 15.1. The number of benzene rings is 3. The zero-order chi connectivity index (χ0) is 30.8. The summed E-state index contributed by atoms with van der Waals surface area (Å²) < 4.78 is 19.4. The molecule has 43 heavy (non-hydrogen) atoms. The molecule has 1 aliphatic rings. The summed E-state index contributed by atoms with van der Waals surface area (Å²) in [6, 6.07) is 26.4. The second kappa shape index (κ2) is 16.6. The van der Waals surface area contributed by atoms with E-state index in [0.29, 0.717) is 11.5 Å². The van der Waals surface area contributed by atoms with Gasteiger partial charge in [-0.1, -0.05) is 116 Å². The van der Waals surface area contributed by atoms with E-state index in [-0.39, 0.29) is 36.4 Å². The molecule has 0 amide bonds. The molecule has 0 saturated heterocycles. The Morgan fingerprint density at radius 3 is 1.28 bits per heavy atom. The van der Waals surface area contributed by atoms with Crippen LogP contribution in [0.3, 0.4) is 0 Å². The minimum Gasteiger partial charge on any atom is -0.435 e. The number of rotatable bonds is 6. The maximum absolute atomic E-state index is 6.50. The number of hydrogen-bond acceptors (Lipinski definition) is 3. The first-order chi connectivity index (χ1) is 19.8. The molecule has 4 rings (SSSR count). The van der Waals surface area contributed by atoms with Crippen LogP contribution in [-0.2, 0) is 36.4 Å². The van der Waals surface area contributed by atoms with E-state index in [9.17, 15) is 0 Å². The fourth-order valence-corrected chi connectivity index (χ4v) is 5.51. The zero-order valence-corrected chi connectivity index (χ0v) is 30.7. The Morgan fingerprint density at radius 1 is 0.512 bits per heavy atom. The van der Waals surface area contributed by atoms with Gasteiger partial charge in [0.1, 0.15) is 5.75 Å². The third kappa shape index (κ3) is 11.9. The van der Waals surface area contributed by atoms with Crippen molar-refractivity contribution in [2.75, 3.05) is 0 Å². The van der Waals surface area contributed by atoms with Crippen LogP contribution < -0.4 is 13.6 Å². The van der Waals surface area contributed by atoms with E-state index in [1.165, 1.54) is 25.7 Å². The molecule has 3 aromatic carbocycles. The molecule has 0 saturated carbocycles. The molecule has 0 bridgehead atoms. The third-order valence-electron chi connectivity index (χ3n) is 6.79. The molecule has 0 N–H and O–H groups in total. The summed E-state index contributed by atoms with van der Waals surface area (Å²) in [5.74, 6) is 2.03. The summed E-state index contributed by atoms with van der Waals surface area (Å²) >= 11 is 0. The molecule has 1 radical (unpaired) electrons. The number of para-hydroxylation sites is 3. The number of hydrogen-bond donors (Lipinski definition) is 0. The molecule has 0 heterocycles. The Hall–Kier alpha value is -2.38. The van der Waals surface area contributed by atoms with Crippen LogP contribution in [0.1, 0.15) is 105 Å². The van der Waals surface area contributed by atoms with Crippen LogP contribution in [0.25, 0.3) is 0 Å². The van der Waals surface area contributed by atoms with E-state index < -0.39 is 8.60 Å². The topological polar surface area (TPSA) is 27.7 Å². The molecule has 5 heteroatoms. The maximum atomic E-state index is 6.50. The van der Waals surface area contributed by atoms with Crippen molar-refractivity contribution in [2.24, 2.45) is 0 Å². The summed E-state index contributed by atoms with van der Waals surface area (Å²) in [5.41, 5.74) is 2.86. The fourth-order valence-electron chi connectivity index (χ4n) is 4.48. The van der Waals surface area contributed by atoms with Gasteiger partial charge >= 0.3 is 8.60 Å². The predicted molar refractivity (Wildman–Crippen MR) is 179 cm³/mol. The first kappa shape index (κ1) is 36.8. The Kier molecular flexibility index (Phi) is 14.2. The van der Waals surface area contributed by atoms with Gasteiger partial charge in [0, 0.05) is 37.2 Å². The van der Waals surface area contributed by atoms with Crippen molar-refractivity contribution >= 4 is 8.60 Å². The van der Waals surface area contributed by atoms with E-state index in [1.54, 1.807) is 0 Å². The molecule has 0 aliphatic heterocycles.